The van der Waals surface area contributed by atoms with Crippen LogP contribution >= 0.6 is 0 Å². The Balaban J connectivity index is 1.69. The molecule has 0 spiro atoms. The Kier molecular flexibility index (Phi) is 3.05. The molecule has 1 amide bonds. The van der Waals surface area contributed by atoms with Crippen molar-refractivity contribution in [1.82, 2.24) is 0 Å². The van der Waals surface area contributed by atoms with Crippen LogP contribution in [0.1, 0.15) is 23.2 Å². The van der Waals surface area contributed by atoms with E-state index in [1.165, 1.54) is 6.07 Å². The number of amides is 1. The van der Waals surface area contributed by atoms with Crippen molar-refractivity contribution >= 4 is 27.3 Å². The van der Waals surface area contributed by atoms with Gasteiger partial charge in [-0.25, -0.2) is 8.42 Å². The minimum Gasteiger partial charge on any atom is -0.454 e. The van der Waals surface area contributed by atoms with Gasteiger partial charge in [-0.15, -0.1) is 0 Å². The fourth-order valence-corrected chi connectivity index (χ4v) is 3.83. The molecule has 1 fully saturated rings. The van der Waals surface area contributed by atoms with E-state index in [0.29, 0.717) is 35.7 Å². The number of hydrogen-bond acceptors (Lipinski definition) is 4. The summed E-state index contributed by atoms with van der Waals surface area (Å²) in [6.45, 7) is 0. The van der Waals surface area contributed by atoms with E-state index < -0.39 is 10.0 Å². The predicted molar refractivity (Wildman–Crippen MR) is 86.5 cm³/mol. The zero-order valence-electron chi connectivity index (χ0n) is 12.1. The Bertz CT molecular complexity index is 904. The normalized spacial score (nSPS) is 16.4. The maximum absolute atomic E-state index is 12.4. The summed E-state index contributed by atoms with van der Waals surface area (Å²) in [6, 6.07) is 11.8. The number of ether oxygens (including phenoxy) is 1. The average Bonchev–Trinajstić information content (AvgIpc) is 3.35. The van der Waals surface area contributed by atoms with Crippen LogP contribution in [0.25, 0.3) is 0 Å². The minimum absolute atomic E-state index is 0.289. The van der Waals surface area contributed by atoms with Crippen molar-refractivity contribution in [3.63, 3.8) is 0 Å². The number of hydrogen-bond donors (Lipinski definition) is 2. The Morgan fingerprint density at radius 1 is 1.09 bits per heavy atom. The molecule has 2 N–H and O–H groups in total. The fourth-order valence-electron chi connectivity index (χ4n) is 2.45. The number of rotatable bonds is 3. The van der Waals surface area contributed by atoms with Gasteiger partial charge in [-0.05, 0) is 43.2 Å². The van der Waals surface area contributed by atoms with E-state index in [4.69, 9.17) is 4.74 Å². The van der Waals surface area contributed by atoms with Gasteiger partial charge in [0.15, 0.2) is 5.75 Å². The number of anilines is 2. The lowest BCUT2D eigenvalue weighted by Crippen LogP contribution is -2.18. The van der Waals surface area contributed by atoms with Gasteiger partial charge in [0, 0.05) is 5.69 Å². The predicted octanol–water partition coefficient (Wildman–Crippen LogP) is 2.95. The number of carbonyl (C=O) groups excluding carboxylic acids is 1. The first kappa shape index (κ1) is 14.1. The molecule has 0 bridgehead atoms. The summed E-state index contributed by atoms with van der Waals surface area (Å²) in [6.07, 6.45) is 1.36. The second kappa shape index (κ2) is 4.99. The summed E-state index contributed by atoms with van der Waals surface area (Å²) in [5.41, 5.74) is 1.23. The fraction of sp³-hybridized carbons (Fsp3) is 0.188. The van der Waals surface area contributed by atoms with Crippen LogP contribution in [-0.4, -0.2) is 19.6 Å². The molecule has 0 unspecified atom stereocenters. The summed E-state index contributed by atoms with van der Waals surface area (Å²) in [5, 5.41) is 2.44. The Morgan fingerprint density at radius 3 is 2.65 bits per heavy atom. The number of nitrogens with one attached hydrogen (secondary N) is 2. The molecule has 118 valence electrons. The van der Waals surface area contributed by atoms with Crippen molar-refractivity contribution in [1.29, 1.82) is 0 Å². The van der Waals surface area contributed by atoms with Gasteiger partial charge in [-0.1, -0.05) is 12.1 Å². The SMILES string of the molecule is O=C1Nc2ccccc2Oc2ccc(NS(=O)(=O)C3CC3)cc21. The van der Waals surface area contributed by atoms with E-state index in [9.17, 15) is 13.2 Å². The van der Waals surface area contributed by atoms with E-state index in [-0.39, 0.29) is 16.7 Å². The van der Waals surface area contributed by atoms with E-state index >= 15 is 0 Å². The third-order valence-corrected chi connectivity index (χ3v) is 5.67. The van der Waals surface area contributed by atoms with Crippen molar-refractivity contribution in [3.05, 3.63) is 48.0 Å². The maximum Gasteiger partial charge on any atom is 0.259 e. The van der Waals surface area contributed by atoms with Gasteiger partial charge in [0.05, 0.1) is 16.5 Å². The number of para-hydroxylation sites is 2. The van der Waals surface area contributed by atoms with Crippen LogP contribution in [0.5, 0.6) is 11.5 Å². The summed E-state index contributed by atoms with van der Waals surface area (Å²) < 4.78 is 32.3. The first-order valence-corrected chi connectivity index (χ1v) is 8.81. The van der Waals surface area contributed by atoms with E-state index in [1.807, 2.05) is 6.07 Å². The second-order valence-corrected chi connectivity index (χ2v) is 7.57. The highest BCUT2D eigenvalue weighted by atomic mass is 32.2. The molecule has 2 aromatic carbocycles. The van der Waals surface area contributed by atoms with Crippen LogP contribution in [0.2, 0.25) is 0 Å². The summed E-state index contributed by atoms with van der Waals surface area (Å²) in [4.78, 5) is 12.4. The first-order valence-electron chi connectivity index (χ1n) is 7.27. The molecule has 1 aliphatic carbocycles. The molecule has 7 heteroatoms. The number of benzene rings is 2. The molecule has 1 aliphatic heterocycles. The summed E-state index contributed by atoms with van der Waals surface area (Å²) in [5.74, 6) is 0.602. The van der Waals surface area contributed by atoms with Crippen LogP contribution in [0.3, 0.4) is 0 Å². The summed E-state index contributed by atoms with van der Waals surface area (Å²) in [7, 11) is -3.37. The topological polar surface area (TPSA) is 84.5 Å². The molecule has 2 aliphatic rings. The minimum atomic E-state index is -3.37. The highest BCUT2D eigenvalue weighted by Gasteiger charge is 2.36. The van der Waals surface area contributed by atoms with Crippen LogP contribution < -0.4 is 14.8 Å². The molecular weight excluding hydrogens is 316 g/mol. The van der Waals surface area contributed by atoms with Gasteiger partial charge < -0.3 is 10.1 Å². The smallest absolute Gasteiger partial charge is 0.259 e. The molecule has 23 heavy (non-hydrogen) atoms. The maximum atomic E-state index is 12.4. The molecular formula is C16H14N2O4S. The molecule has 1 heterocycles. The molecule has 0 saturated heterocycles. The van der Waals surface area contributed by atoms with Gasteiger partial charge in [0.1, 0.15) is 5.75 Å². The molecule has 0 aromatic heterocycles. The molecule has 6 nitrogen and oxygen atoms in total. The first-order chi connectivity index (χ1) is 11.0. The second-order valence-electron chi connectivity index (χ2n) is 5.61. The molecule has 0 radical (unpaired) electrons. The Labute approximate surface area is 133 Å². The highest BCUT2D eigenvalue weighted by Crippen LogP contribution is 2.37. The lowest BCUT2D eigenvalue weighted by atomic mass is 10.1. The van der Waals surface area contributed by atoms with Crippen molar-refractivity contribution in [3.8, 4) is 11.5 Å². The lowest BCUT2D eigenvalue weighted by molar-refractivity contribution is 0.102. The van der Waals surface area contributed by atoms with Gasteiger partial charge in [-0.2, -0.15) is 0 Å². The third kappa shape index (κ3) is 2.63. The third-order valence-electron chi connectivity index (χ3n) is 3.80. The molecule has 1 saturated carbocycles. The number of fused-ring (bicyclic) bond motifs is 2. The van der Waals surface area contributed by atoms with Crippen LogP contribution in [0.4, 0.5) is 11.4 Å². The quantitative estimate of drug-likeness (QED) is 0.906. The largest absolute Gasteiger partial charge is 0.454 e. The van der Waals surface area contributed by atoms with Gasteiger partial charge in [-0.3, -0.25) is 9.52 Å². The Hall–Kier alpha value is -2.54. The standard InChI is InChI=1S/C16H14N2O4S/c19-16-12-9-10(18-23(20,21)11-6-7-11)5-8-14(12)22-15-4-2-1-3-13(15)17-16/h1-5,8-9,11,18H,6-7H2,(H,17,19). The van der Waals surface area contributed by atoms with Crippen molar-refractivity contribution in [2.75, 3.05) is 10.0 Å². The van der Waals surface area contributed by atoms with E-state index in [1.54, 1.807) is 30.3 Å². The lowest BCUT2D eigenvalue weighted by Gasteiger charge is -2.10. The van der Waals surface area contributed by atoms with Gasteiger partial charge in [0.2, 0.25) is 10.0 Å². The zero-order valence-corrected chi connectivity index (χ0v) is 12.9. The van der Waals surface area contributed by atoms with Crippen LogP contribution in [0.15, 0.2) is 42.5 Å². The number of carbonyl (C=O) groups is 1. The zero-order chi connectivity index (χ0) is 16.0. The van der Waals surface area contributed by atoms with Crippen molar-refractivity contribution < 1.29 is 17.9 Å². The molecule has 4 rings (SSSR count). The highest BCUT2D eigenvalue weighted by molar-refractivity contribution is 7.93. The summed E-state index contributed by atoms with van der Waals surface area (Å²) >= 11 is 0. The van der Waals surface area contributed by atoms with Crippen LogP contribution in [0, 0.1) is 0 Å². The monoisotopic (exact) mass is 330 g/mol. The van der Waals surface area contributed by atoms with Crippen LogP contribution in [-0.2, 0) is 10.0 Å². The molecule has 2 aromatic rings. The van der Waals surface area contributed by atoms with Gasteiger partial charge in [0.25, 0.3) is 5.91 Å². The Morgan fingerprint density at radius 2 is 1.87 bits per heavy atom. The van der Waals surface area contributed by atoms with Crippen molar-refractivity contribution in [2.24, 2.45) is 0 Å². The van der Waals surface area contributed by atoms with E-state index in [2.05, 4.69) is 10.0 Å². The van der Waals surface area contributed by atoms with Crippen molar-refractivity contribution in [2.45, 2.75) is 18.1 Å². The number of sulfonamides is 1. The van der Waals surface area contributed by atoms with Gasteiger partial charge >= 0.3 is 0 Å². The average molecular weight is 330 g/mol. The molecule has 0 atom stereocenters. The van der Waals surface area contributed by atoms with E-state index in [0.717, 1.165) is 0 Å².